The van der Waals surface area contributed by atoms with Gasteiger partial charge in [0.2, 0.25) is 6.33 Å². The largest absolute Gasteiger partial charge is 0.480 e. The molecule has 0 radical (unpaired) electrons. The summed E-state index contributed by atoms with van der Waals surface area (Å²) in [6.07, 6.45) is -1.53. The molecule has 4 N–H and O–H groups in total. The van der Waals surface area contributed by atoms with E-state index in [4.69, 9.17) is 14.7 Å². The molecule has 3 amide bonds. The summed E-state index contributed by atoms with van der Waals surface area (Å²) in [7, 11) is 0. The van der Waals surface area contributed by atoms with Crippen molar-refractivity contribution in [3.05, 3.63) is 87.6 Å². The summed E-state index contributed by atoms with van der Waals surface area (Å²) < 4.78 is 11.7. The fourth-order valence-electron chi connectivity index (χ4n) is 4.11. The molecule has 3 rings (SSSR count). The Balaban J connectivity index is 1.61. The number of carbonyl (C=O) groups excluding carboxylic acids is 3. The molecule has 0 saturated heterocycles. The van der Waals surface area contributed by atoms with Crippen LogP contribution in [-0.4, -0.2) is 69.3 Å². The standard InChI is InChI=1S/C31H35N7O8/c1-20-5-9-22(10-6-20)26(23-11-7-21(2)8-12-23)45-29(43)33-15-16-37(18-25(40)41)24(39)17-38-19-34-27(35-28(38)42)36-30(44)46-31(3,4)13-14-32/h5-12,19,26H,13,15-18H2,1-4H3,(H3,33,35,36,40,41,42,43,44)/p+1. The van der Waals surface area contributed by atoms with E-state index < -0.39 is 54.5 Å². The van der Waals surface area contributed by atoms with Gasteiger partial charge in [0.15, 0.2) is 12.6 Å². The lowest BCUT2D eigenvalue weighted by Crippen LogP contribution is -2.57. The topological polar surface area (TPSA) is 208 Å². The number of nitrogens with zero attached hydrogens (tertiary/aromatic N) is 4. The molecule has 0 bridgehead atoms. The molecule has 1 aromatic heterocycles. The van der Waals surface area contributed by atoms with Crippen molar-refractivity contribution in [1.82, 2.24) is 20.2 Å². The Kier molecular flexibility index (Phi) is 11.9. The van der Waals surface area contributed by atoms with Crippen LogP contribution in [0.1, 0.15) is 48.6 Å². The van der Waals surface area contributed by atoms with Gasteiger partial charge in [-0.1, -0.05) is 64.6 Å². The molecule has 3 aromatic rings. The van der Waals surface area contributed by atoms with E-state index >= 15 is 0 Å². The van der Waals surface area contributed by atoms with Crippen LogP contribution in [0, 0.1) is 25.2 Å². The summed E-state index contributed by atoms with van der Waals surface area (Å²) in [6, 6.07) is 17.0. The van der Waals surface area contributed by atoms with Crippen LogP contribution in [0.15, 0.2) is 59.7 Å². The molecule has 0 atom stereocenters. The van der Waals surface area contributed by atoms with Crippen molar-refractivity contribution < 1.29 is 38.3 Å². The number of amides is 3. The first-order chi connectivity index (χ1) is 21.8. The molecule has 0 aliphatic heterocycles. The number of carboxylic acids is 1. The Morgan fingerprint density at radius 2 is 1.63 bits per heavy atom. The van der Waals surface area contributed by atoms with Crippen LogP contribution in [0.3, 0.4) is 0 Å². The second-order valence-electron chi connectivity index (χ2n) is 11.0. The second kappa shape index (κ2) is 15.8. The van der Waals surface area contributed by atoms with Gasteiger partial charge in [0, 0.05) is 13.1 Å². The zero-order chi connectivity index (χ0) is 33.9. The highest BCUT2D eigenvalue weighted by Crippen LogP contribution is 2.27. The fraction of sp³-hybridized carbons (Fsp3) is 0.355. The first-order valence-corrected chi connectivity index (χ1v) is 14.2. The van der Waals surface area contributed by atoms with E-state index in [1.54, 1.807) is 0 Å². The number of aromatic amines is 1. The van der Waals surface area contributed by atoms with Crippen LogP contribution in [-0.2, 0) is 25.6 Å². The molecule has 0 aliphatic carbocycles. The number of H-pyrrole nitrogens is 1. The Labute approximate surface area is 264 Å². The number of hydrogen-bond donors (Lipinski definition) is 4. The maximum Gasteiger partial charge on any atom is 0.444 e. The van der Waals surface area contributed by atoms with Crippen molar-refractivity contribution in [2.45, 2.75) is 52.4 Å². The summed E-state index contributed by atoms with van der Waals surface area (Å²) in [6.45, 7) is 5.34. The zero-order valence-electron chi connectivity index (χ0n) is 25.9. The SMILES string of the molecule is Cc1ccc(C(OC(=O)NCCN(CC(=O)O)C(=O)C[n+]2cnc(NC(=O)OC(C)(C)CC#N)[nH]c2=O)c2ccc(C)cc2)cc1. The van der Waals surface area contributed by atoms with Crippen molar-refractivity contribution in [2.75, 3.05) is 25.0 Å². The minimum absolute atomic E-state index is 0.0633. The molecule has 0 fully saturated rings. The lowest BCUT2D eigenvalue weighted by Gasteiger charge is -2.22. The van der Waals surface area contributed by atoms with Crippen LogP contribution in [0.4, 0.5) is 15.5 Å². The lowest BCUT2D eigenvalue weighted by atomic mass is 9.99. The van der Waals surface area contributed by atoms with E-state index in [0.29, 0.717) is 0 Å². The summed E-state index contributed by atoms with van der Waals surface area (Å²) in [5.41, 5.74) is 1.68. The Hall–Kier alpha value is -5.78. The van der Waals surface area contributed by atoms with E-state index in [2.05, 4.69) is 20.6 Å². The van der Waals surface area contributed by atoms with Crippen LogP contribution >= 0.6 is 0 Å². The third-order valence-corrected chi connectivity index (χ3v) is 6.53. The van der Waals surface area contributed by atoms with Crippen LogP contribution in [0.5, 0.6) is 0 Å². The van der Waals surface area contributed by atoms with Gasteiger partial charge < -0.3 is 24.8 Å². The summed E-state index contributed by atoms with van der Waals surface area (Å²) >= 11 is 0. The highest BCUT2D eigenvalue weighted by molar-refractivity contribution is 5.82. The van der Waals surface area contributed by atoms with E-state index in [1.165, 1.54) is 13.8 Å². The quantitative estimate of drug-likeness (QED) is 0.202. The van der Waals surface area contributed by atoms with Gasteiger partial charge >= 0.3 is 29.8 Å². The number of hydrogen-bond acceptors (Lipinski definition) is 9. The highest BCUT2D eigenvalue weighted by atomic mass is 16.6. The third-order valence-electron chi connectivity index (χ3n) is 6.53. The summed E-state index contributed by atoms with van der Waals surface area (Å²) in [5.74, 6) is -2.32. The molecule has 1 heterocycles. The number of aliphatic carboxylic acids is 1. The molecule has 46 heavy (non-hydrogen) atoms. The van der Waals surface area contributed by atoms with Gasteiger partial charge in [0.1, 0.15) is 12.1 Å². The number of benzene rings is 2. The van der Waals surface area contributed by atoms with Crippen LogP contribution < -0.4 is 20.9 Å². The van der Waals surface area contributed by atoms with Crippen molar-refractivity contribution >= 4 is 30.0 Å². The summed E-state index contributed by atoms with van der Waals surface area (Å²) in [4.78, 5) is 68.9. The Morgan fingerprint density at radius 1 is 1.04 bits per heavy atom. The molecule has 15 nitrogen and oxygen atoms in total. The first kappa shape index (κ1) is 34.7. The number of nitrogens with one attached hydrogen (secondary N) is 3. The smallest absolute Gasteiger partial charge is 0.444 e. The number of aryl methyl sites for hydroxylation is 2. The van der Waals surface area contributed by atoms with Crippen molar-refractivity contribution in [1.29, 1.82) is 5.26 Å². The second-order valence-corrected chi connectivity index (χ2v) is 11.0. The number of alkyl carbamates (subject to hydrolysis) is 1. The number of aromatic nitrogens is 3. The number of rotatable bonds is 13. The Bertz CT molecular complexity index is 1600. The molecule has 0 aliphatic rings. The minimum atomic E-state index is -1.30. The molecular formula is C31H36N7O8+. The van der Waals surface area contributed by atoms with Gasteiger partial charge in [0.05, 0.1) is 12.5 Å². The Morgan fingerprint density at radius 3 is 2.15 bits per heavy atom. The van der Waals surface area contributed by atoms with E-state index in [1.807, 2.05) is 68.4 Å². The van der Waals surface area contributed by atoms with Gasteiger partial charge in [-0.05, 0) is 38.8 Å². The fourth-order valence-corrected chi connectivity index (χ4v) is 4.11. The van der Waals surface area contributed by atoms with Gasteiger partial charge in [0.25, 0.3) is 5.91 Å². The van der Waals surface area contributed by atoms with E-state index in [9.17, 15) is 29.1 Å². The van der Waals surface area contributed by atoms with Crippen molar-refractivity contribution in [2.24, 2.45) is 0 Å². The normalized spacial score (nSPS) is 10.9. The number of carbonyl (C=O) groups is 4. The third kappa shape index (κ3) is 10.7. The number of nitriles is 1. The van der Waals surface area contributed by atoms with E-state index in [-0.39, 0.29) is 25.5 Å². The number of ether oxygens (including phenoxy) is 2. The highest BCUT2D eigenvalue weighted by Gasteiger charge is 2.25. The number of anilines is 1. The van der Waals surface area contributed by atoms with Gasteiger partial charge in [-0.25, -0.2) is 19.7 Å². The van der Waals surface area contributed by atoms with Crippen LogP contribution in [0.2, 0.25) is 0 Å². The molecule has 15 heteroatoms. The average molecular weight is 635 g/mol. The first-order valence-electron chi connectivity index (χ1n) is 14.2. The molecule has 0 unspecified atom stereocenters. The van der Waals surface area contributed by atoms with Crippen LogP contribution in [0.25, 0.3) is 0 Å². The minimum Gasteiger partial charge on any atom is -0.480 e. The maximum atomic E-state index is 13.0. The molecule has 0 spiro atoms. The van der Waals surface area contributed by atoms with Gasteiger partial charge in [-0.3, -0.25) is 9.59 Å². The molecule has 0 saturated carbocycles. The number of carboxylic acid groups (broad SMARTS) is 1. The summed E-state index contributed by atoms with van der Waals surface area (Å²) in [5, 5.41) is 22.9. The maximum absolute atomic E-state index is 13.0. The van der Waals surface area contributed by atoms with E-state index in [0.717, 1.165) is 38.0 Å². The van der Waals surface area contributed by atoms with Crippen molar-refractivity contribution in [3.63, 3.8) is 0 Å². The van der Waals surface area contributed by atoms with Gasteiger partial charge in [-0.15, -0.1) is 0 Å². The molecule has 242 valence electrons. The van der Waals surface area contributed by atoms with Crippen molar-refractivity contribution in [3.8, 4) is 6.07 Å². The molecular weight excluding hydrogens is 598 g/mol. The predicted octanol–water partition coefficient (Wildman–Crippen LogP) is 2.34. The average Bonchev–Trinajstić information content (AvgIpc) is 2.97. The zero-order valence-corrected chi connectivity index (χ0v) is 25.9. The van der Waals surface area contributed by atoms with Gasteiger partial charge in [-0.2, -0.15) is 14.8 Å². The monoisotopic (exact) mass is 634 g/mol. The predicted molar refractivity (Wildman–Crippen MR) is 162 cm³/mol. The lowest BCUT2D eigenvalue weighted by molar-refractivity contribution is -0.705. The molecule has 2 aromatic carbocycles.